The zero-order valence-corrected chi connectivity index (χ0v) is 17.2. The molecule has 0 radical (unpaired) electrons. The van der Waals surface area contributed by atoms with Gasteiger partial charge in [-0.3, -0.25) is 4.79 Å². The van der Waals surface area contributed by atoms with Gasteiger partial charge in [-0.15, -0.1) is 0 Å². The predicted molar refractivity (Wildman–Crippen MR) is 112 cm³/mol. The number of amides is 1. The van der Waals surface area contributed by atoms with Crippen LogP contribution in [-0.4, -0.2) is 14.3 Å². The normalized spacial score (nSPS) is 11.5. The van der Waals surface area contributed by atoms with E-state index >= 15 is 0 Å². The second kappa shape index (κ2) is 7.51. The van der Waals surface area contributed by atoms with Crippen molar-refractivity contribution in [1.82, 2.24) is 0 Å². The first-order valence-corrected chi connectivity index (χ1v) is 11.0. The van der Waals surface area contributed by atoms with Crippen molar-refractivity contribution in [2.45, 2.75) is 11.8 Å². The van der Waals surface area contributed by atoms with Crippen LogP contribution < -0.4 is 9.24 Å². The van der Waals surface area contributed by atoms with Crippen molar-refractivity contribution in [3.8, 4) is 0 Å². The van der Waals surface area contributed by atoms with Crippen LogP contribution in [0.3, 0.4) is 0 Å². The Kier molecular flexibility index (Phi) is 5.00. The highest BCUT2D eigenvalue weighted by Crippen LogP contribution is 2.30. The molecule has 9 heteroatoms. The molecular weight excluding hydrogens is 429 g/mol. The summed E-state index contributed by atoms with van der Waals surface area (Å²) in [4.78, 5) is 24.0. The molecule has 0 atom stereocenters. The van der Waals surface area contributed by atoms with Crippen LogP contribution in [-0.2, 0) is 10.0 Å². The molecule has 0 spiro atoms. The summed E-state index contributed by atoms with van der Waals surface area (Å²) in [6.07, 6.45) is 0. The van der Waals surface area contributed by atoms with E-state index in [-0.39, 0.29) is 21.7 Å². The van der Waals surface area contributed by atoms with Crippen LogP contribution in [0.2, 0.25) is 0 Å². The van der Waals surface area contributed by atoms with Crippen molar-refractivity contribution in [2.24, 2.45) is 0 Å². The van der Waals surface area contributed by atoms with Crippen LogP contribution in [0.15, 0.2) is 80.8 Å². The van der Waals surface area contributed by atoms with Gasteiger partial charge in [-0.1, -0.05) is 29.0 Å². The van der Waals surface area contributed by atoms with Crippen molar-refractivity contribution in [3.63, 3.8) is 0 Å². The Labute approximate surface area is 174 Å². The number of hydrogen-bond donors (Lipinski definition) is 0. The molecule has 0 aliphatic carbocycles. The zero-order chi connectivity index (χ0) is 21.5. The third kappa shape index (κ3) is 3.64. The van der Waals surface area contributed by atoms with Gasteiger partial charge in [0.2, 0.25) is 0 Å². The molecule has 1 heterocycles. The maximum atomic E-state index is 13.4. The van der Waals surface area contributed by atoms with Gasteiger partial charge in [0.05, 0.1) is 15.3 Å². The number of halogens is 1. The molecule has 0 aliphatic heterocycles. The molecule has 0 unspecified atom stereocenters. The Balaban J connectivity index is 1.91. The standard InChI is InChI=1S/C21H14FNO5S2/c1-13-2-4-14(5-3-13)20(24)23(30(26,27)17-9-6-15(22)7-10-17)16-8-11-18-19(12-16)29-21(25)28-18/h2-12H,1H3. The summed E-state index contributed by atoms with van der Waals surface area (Å²) in [6.45, 7) is 1.84. The van der Waals surface area contributed by atoms with E-state index in [0.29, 0.717) is 9.01 Å². The number of carbonyl (C=O) groups is 1. The number of aryl methyl sites for hydroxylation is 1. The molecule has 0 bridgehead atoms. The highest BCUT2D eigenvalue weighted by molar-refractivity contribution is 7.93. The lowest BCUT2D eigenvalue weighted by Gasteiger charge is -2.23. The lowest BCUT2D eigenvalue weighted by molar-refractivity contribution is 0.101. The quantitative estimate of drug-likeness (QED) is 0.469. The fraction of sp³-hybridized carbons (Fsp3) is 0.0476. The van der Waals surface area contributed by atoms with E-state index in [1.807, 2.05) is 6.92 Å². The zero-order valence-electron chi connectivity index (χ0n) is 15.5. The molecule has 3 aromatic carbocycles. The predicted octanol–water partition coefficient (Wildman–Crippen LogP) is 4.34. The summed E-state index contributed by atoms with van der Waals surface area (Å²) < 4.78 is 46.1. The second-order valence-electron chi connectivity index (χ2n) is 6.48. The molecule has 30 heavy (non-hydrogen) atoms. The lowest BCUT2D eigenvalue weighted by Crippen LogP contribution is -2.37. The van der Waals surface area contributed by atoms with E-state index < -0.39 is 26.7 Å². The Morgan fingerprint density at radius 2 is 1.67 bits per heavy atom. The molecular formula is C21H14FNO5S2. The average molecular weight is 443 g/mol. The van der Waals surface area contributed by atoms with Crippen molar-refractivity contribution in [1.29, 1.82) is 0 Å². The van der Waals surface area contributed by atoms with Gasteiger partial charge in [-0.2, -0.15) is 4.31 Å². The number of hydrogen-bond acceptors (Lipinski definition) is 6. The maximum Gasteiger partial charge on any atom is 0.396 e. The summed E-state index contributed by atoms with van der Waals surface area (Å²) in [7, 11) is -4.38. The van der Waals surface area contributed by atoms with Crippen molar-refractivity contribution in [3.05, 3.63) is 93.4 Å². The lowest BCUT2D eigenvalue weighted by atomic mass is 10.1. The molecule has 4 aromatic rings. The molecule has 1 amide bonds. The van der Waals surface area contributed by atoms with E-state index in [4.69, 9.17) is 4.42 Å². The van der Waals surface area contributed by atoms with Crippen LogP contribution in [0.5, 0.6) is 0 Å². The van der Waals surface area contributed by atoms with Crippen LogP contribution >= 0.6 is 11.3 Å². The van der Waals surface area contributed by atoms with Gasteiger partial charge < -0.3 is 4.42 Å². The summed E-state index contributed by atoms with van der Waals surface area (Å²) in [5.41, 5.74) is 1.39. The van der Waals surface area contributed by atoms with Crippen molar-refractivity contribution in [2.75, 3.05) is 4.31 Å². The number of nitrogens with zero attached hydrogens (tertiary/aromatic N) is 1. The number of anilines is 1. The van der Waals surface area contributed by atoms with Gasteiger partial charge in [-0.05, 0) is 61.5 Å². The SMILES string of the molecule is Cc1ccc(C(=O)N(c2ccc3oc(=O)sc3c2)S(=O)(=O)c2ccc(F)cc2)cc1. The first-order chi connectivity index (χ1) is 14.3. The van der Waals surface area contributed by atoms with E-state index in [0.717, 1.165) is 41.2 Å². The average Bonchev–Trinajstić information content (AvgIpc) is 3.08. The van der Waals surface area contributed by atoms with Gasteiger partial charge in [0.15, 0.2) is 0 Å². The molecule has 0 fully saturated rings. The number of rotatable bonds is 4. The molecule has 0 saturated heterocycles. The van der Waals surface area contributed by atoms with E-state index in [9.17, 15) is 22.4 Å². The summed E-state index contributed by atoms with van der Waals surface area (Å²) in [5.74, 6) is -1.38. The summed E-state index contributed by atoms with van der Waals surface area (Å²) in [6, 6.07) is 14.9. The first-order valence-electron chi connectivity index (χ1n) is 8.71. The molecule has 152 valence electrons. The number of sulfonamides is 1. The molecule has 1 aromatic heterocycles. The number of fused-ring (bicyclic) bond motifs is 1. The van der Waals surface area contributed by atoms with Gasteiger partial charge in [0.1, 0.15) is 11.4 Å². The third-order valence-corrected chi connectivity index (χ3v) is 6.90. The van der Waals surface area contributed by atoms with Gasteiger partial charge in [0.25, 0.3) is 15.9 Å². The number of carbonyl (C=O) groups excluding carboxylic acids is 1. The van der Waals surface area contributed by atoms with Crippen LogP contribution in [0.25, 0.3) is 10.3 Å². The highest BCUT2D eigenvalue weighted by atomic mass is 32.2. The Morgan fingerprint density at radius 1 is 1.00 bits per heavy atom. The Bertz CT molecular complexity index is 1400. The summed E-state index contributed by atoms with van der Waals surface area (Å²) >= 11 is 0.797. The van der Waals surface area contributed by atoms with Gasteiger partial charge in [-0.25, -0.2) is 17.6 Å². The fourth-order valence-electron chi connectivity index (χ4n) is 2.88. The summed E-state index contributed by atoms with van der Waals surface area (Å²) in [5, 5.41) is 0. The monoisotopic (exact) mass is 443 g/mol. The minimum absolute atomic E-state index is 0.0365. The molecule has 4 rings (SSSR count). The first kappa shape index (κ1) is 20.0. The second-order valence-corrected chi connectivity index (χ2v) is 9.24. The van der Waals surface area contributed by atoms with Crippen LogP contribution in [0.1, 0.15) is 15.9 Å². The third-order valence-electron chi connectivity index (χ3n) is 4.38. The maximum absolute atomic E-state index is 13.4. The van der Waals surface area contributed by atoms with Gasteiger partial charge >= 0.3 is 4.94 Å². The molecule has 0 aliphatic rings. The van der Waals surface area contributed by atoms with Crippen LogP contribution in [0.4, 0.5) is 10.1 Å². The molecule has 0 N–H and O–H groups in total. The Hall–Kier alpha value is -3.30. The van der Waals surface area contributed by atoms with E-state index in [2.05, 4.69) is 0 Å². The topological polar surface area (TPSA) is 84.7 Å². The fourth-order valence-corrected chi connectivity index (χ4v) is 4.98. The van der Waals surface area contributed by atoms with Crippen molar-refractivity contribution >= 4 is 43.2 Å². The minimum atomic E-state index is -4.38. The molecule has 0 saturated carbocycles. The van der Waals surface area contributed by atoms with E-state index in [1.165, 1.54) is 30.3 Å². The van der Waals surface area contributed by atoms with Crippen LogP contribution in [0, 0.1) is 12.7 Å². The number of benzene rings is 3. The largest absolute Gasteiger partial charge is 0.414 e. The highest BCUT2D eigenvalue weighted by Gasteiger charge is 2.32. The smallest absolute Gasteiger partial charge is 0.396 e. The van der Waals surface area contributed by atoms with E-state index in [1.54, 1.807) is 12.1 Å². The minimum Gasteiger partial charge on any atom is -0.414 e. The Morgan fingerprint density at radius 3 is 2.33 bits per heavy atom. The van der Waals surface area contributed by atoms with Gasteiger partial charge in [0, 0.05) is 5.56 Å². The molecule has 6 nitrogen and oxygen atoms in total. The van der Waals surface area contributed by atoms with Crippen molar-refractivity contribution < 1.29 is 22.0 Å².